The normalized spacial score (nSPS) is 22.4. The van der Waals surface area contributed by atoms with E-state index in [0.717, 1.165) is 5.56 Å². The van der Waals surface area contributed by atoms with Crippen LogP contribution in [0.15, 0.2) is 18.2 Å². The Morgan fingerprint density at radius 2 is 2.18 bits per heavy atom. The van der Waals surface area contributed by atoms with Gasteiger partial charge in [-0.1, -0.05) is 35.3 Å². The molecule has 1 aromatic rings. The zero-order valence-electron chi connectivity index (χ0n) is 9.58. The van der Waals surface area contributed by atoms with Crippen LogP contribution in [-0.4, -0.2) is 29.6 Å². The van der Waals surface area contributed by atoms with Crippen LogP contribution in [0.4, 0.5) is 0 Å². The molecule has 0 radical (unpaired) electrons. The topological polar surface area (TPSA) is 12.0 Å². The molecule has 0 aliphatic carbocycles. The Morgan fingerprint density at radius 1 is 1.35 bits per heavy atom. The van der Waals surface area contributed by atoms with E-state index in [1.165, 1.54) is 17.3 Å². The Balaban J connectivity index is 2.24. The lowest BCUT2D eigenvalue weighted by atomic mass is 10.0. The van der Waals surface area contributed by atoms with Gasteiger partial charge < -0.3 is 5.32 Å². The standard InChI is InChI=1S/C12H15Cl2NS2/c1-15-12(10-7-16-5-6-17-10)8-3-2-4-9(13)11(8)14/h2-4,10,12,15H,5-7H2,1H3. The molecule has 1 fully saturated rings. The Bertz CT molecular complexity index is 381. The average Bonchev–Trinajstić information content (AvgIpc) is 2.37. The van der Waals surface area contributed by atoms with Crippen molar-refractivity contribution in [1.29, 1.82) is 0 Å². The minimum atomic E-state index is 0.277. The van der Waals surface area contributed by atoms with Crippen LogP contribution < -0.4 is 5.32 Å². The van der Waals surface area contributed by atoms with Crippen molar-refractivity contribution in [2.45, 2.75) is 11.3 Å². The number of halogens is 2. The summed E-state index contributed by atoms with van der Waals surface area (Å²) in [4.78, 5) is 0. The summed E-state index contributed by atoms with van der Waals surface area (Å²) >= 11 is 16.4. The van der Waals surface area contributed by atoms with Crippen LogP contribution in [0.2, 0.25) is 10.0 Å². The van der Waals surface area contributed by atoms with Crippen LogP contribution in [0.25, 0.3) is 0 Å². The number of hydrogen-bond donors (Lipinski definition) is 1. The lowest BCUT2D eigenvalue weighted by molar-refractivity contribution is 0.592. The van der Waals surface area contributed by atoms with E-state index in [4.69, 9.17) is 23.2 Å². The summed E-state index contributed by atoms with van der Waals surface area (Å²) < 4.78 is 0. The molecule has 0 aromatic heterocycles. The van der Waals surface area contributed by atoms with Crippen molar-refractivity contribution in [1.82, 2.24) is 5.32 Å². The zero-order chi connectivity index (χ0) is 12.3. The van der Waals surface area contributed by atoms with Crippen LogP contribution >= 0.6 is 46.7 Å². The van der Waals surface area contributed by atoms with E-state index in [1.807, 2.05) is 42.7 Å². The van der Waals surface area contributed by atoms with Gasteiger partial charge in [-0.2, -0.15) is 23.5 Å². The molecule has 17 heavy (non-hydrogen) atoms. The average molecular weight is 308 g/mol. The Kier molecular flexibility index (Phi) is 5.37. The van der Waals surface area contributed by atoms with Gasteiger partial charge in [0.15, 0.2) is 0 Å². The molecule has 0 bridgehead atoms. The molecule has 1 aliphatic heterocycles. The van der Waals surface area contributed by atoms with Gasteiger partial charge in [0, 0.05) is 28.6 Å². The molecule has 1 heterocycles. The zero-order valence-corrected chi connectivity index (χ0v) is 12.7. The summed E-state index contributed by atoms with van der Waals surface area (Å²) in [6, 6.07) is 6.14. The number of rotatable bonds is 3. The number of thioether (sulfide) groups is 2. The summed E-state index contributed by atoms with van der Waals surface area (Å²) in [6.07, 6.45) is 0. The van der Waals surface area contributed by atoms with Gasteiger partial charge in [-0.15, -0.1) is 0 Å². The highest BCUT2D eigenvalue weighted by Gasteiger charge is 2.26. The molecule has 0 amide bonds. The monoisotopic (exact) mass is 307 g/mol. The highest BCUT2D eigenvalue weighted by Crippen LogP contribution is 2.37. The van der Waals surface area contributed by atoms with Crippen molar-refractivity contribution in [3.05, 3.63) is 33.8 Å². The maximum absolute atomic E-state index is 6.30. The molecular weight excluding hydrogens is 293 g/mol. The fourth-order valence-electron chi connectivity index (χ4n) is 2.00. The van der Waals surface area contributed by atoms with Crippen LogP contribution in [-0.2, 0) is 0 Å². The summed E-state index contributed by atoms with van der Waals surface area (Å²) in [5, 5.41) is 5.27. The van der Waals surface area contributed by atoms with Crippen LogP contribution in [0.3, 0.4) is 0 Å². The molecule has 2 rings (SSSR count). The molecular formula is C12H15Cl2NS2. The molecule has 0 spiro atoms. The lowest BCUT2D eigenvalue weighted by Gasteiger charge is -2.30. The van der Waals surface area contributed by atoms with Crippen LogP contribution in [0.5, 0.6) is 0 Å². The molecule has 1 aromatic carbocycles. The summed E-state index contributed by atoms with van der Waals surface area (Å²) in [7, 11) is 1.99. The molecule has 2 unspecified atom stereocenters. The molecule has 1 nitrogen and oxygen atoms in total. The van der Waals surface area contributed by atoms with E-state index in [1.54, 1.807) is 0 Å². The van der Waals surface area contributed by atoms with E-state index in [9.17, 15) is 0 Å². The van der Waals surface area contributed by atoms with Crippen molar-refractivity contribution in [3.63, 3.8) is 0 Å². The van der Waals surface area contributed by atoms with Gasteiger partial charge in [0.25, 0.3) is 0 Å². The highest BCUT2D eigenvalue weighted by molar-refractivity contribution is 8.06. The second-order valence-electron chi connectivity index (χ2n) is 3.89. The molecule has 2 atom stereocenters. The van der Waals surface area contributed by atoms with Gasteiger partial charge in [-0.3, -0.25) is 0 Å². The second-order valence-corrected chi connectivity index (χ2v) is 7.18. The summed E-state index contributed by atoms with van der Waals surface area (Å²) in [5.41, 5.74) is 1.11. The van der Waals surface area contributed by atoms with Crippen molar-refractivity contribution in [3.8, 4) is 0 Å². The minimum Gasteiger partial charge on any atom is -0.312 e. The van der Waals surface area contributed by atoms with E-state index in [-0.39, 0.29) is 6.04 Å². The number of benzene rings is 1. The molecule has 5 heteroatoms. The first-order valence-electron chi connectivity index (χ1n) is 5.54. The predicted octanol–water partition coefficient (Wildman–Crippen LogP) is 4.10. The minimum absolute atomic E-state index is 0.277. The van der Waals surface area contributed by atoms with Gasteiger partial charge in [0.2, 0.25) is 0 Å². The Morgan fingerprint density at radius 3 is 2.82 bits per heavy atom. The van der Waals surface area contributed by atoms with Gasteiger partial charge in [-0.25, -0.2) is 0 Å². The second kappa shape index (κ2) is 6.58. The van der Waals surface area contributed by atoms with E-state index < -0.39 is 0 Å². The molecule has 0 saturated carbocycles. The smallest absolute Gasteiger partial charge is 0.0640 e. The summed E-state index contributed by atoms with van der Waals surface area (Å²) in [5.74, 6) is 3.63. The first kappa shape index (κ1) is 13.9. The van der Waals surface area contributed by atoms with Gasteiger partial charge >= 0.3 is 0 Å². The largest absolute Gasteiger partial charge is 0.312 e. The molecule has 94 valence electrons. The first-order chi connectivity index (χ1) is 8.24. The molecule has 1 aliphatic rings. The molecule has 1 saturated heterocycles. The third-order valence-corrected chi connectivity index (χ3v) is 6.54. The van der Waals surface area contributed by atoms with E-state index in [0.29, 0.717) is 15.3 Å². The van der Waals surface area contributed by atoms with E-state index in [2.05, 4.69) is 11.4 Å². The summed E-state index contributed by atoms with van der Waals surface area (Å²) in [6.45, 7) is 0. The van der Waals surface area contributed by atoms with Crippen molar-refractivity contribution >= 4 is 46.7 Å². The van der Waals surface area contributed by atoms with Gasteiger partial charge in [0.05, 0.1) is 10.0 Å². The Hall–Kier alpha value is 0.460. The van der Waals surface area contributed by atoms with Gasteiger partial charge in [-0.05, 0) is 18.7 Å². The fourth-order valence-corrected chi connectivity index (χ4v) is 5.33. The maximum atomic E-state index is 6.30. The van der Waals surface area contributed by atoms with Crippen LogP contribution in [0, 0.1) is 0 Å². The Labute approximate surface area is 121 Å². The van der Waals surface area contributed by atoms with E-state index >= 15 is 0 Å². The van der Waals surface area contributed by atoms with Crippen molar-refractivity contribution < 1.29 is 0 Å². The number of hydrogen-bond acceptors (Lipinski definition) is 3. The fraction of sp³-hybridized carbons (Fsp3) is 0.500. The SMILES string of the molecule is CNC(c1cccc(Cl)c1Cl)C1CSCCS1. The third-order valence-electron chi connectivity index (χ3n) is 2.84. The quantitative estimate of drug-likeness (QED) is 0.903. The van der Waals surface area contributed by atoms with Crippen molar-refractivity contribution in [2.24, 2.45) is 0 Å². The van der Waals surface area contributed by atoms with Gasteiger partial charge in [0.1, 0.15) is 0 Å². The molecule has 1 N–H and O–H groups in total. The van der Waals surface area contributed by atoms with Crippen molar-refractivity contribution in [2.75, 3.05) is 24.3 Å². The lowest BCUT2D eigenvalue weighted by Crippen LogP contribution is -2.31. The highest BCUT2D eigenvalue weighted by atomic mass is 35.5. The van der Waals surface area contributed by atoms with Crippen LogP contribution in [0.1, 0.15) is 11.6 Å². The third kappa shape index (κ3) is 3.27. The predicted molar refractivity (Wildman–Crippen MR) is 81.8 cm³/mol. The maximum Gasteiger partial charge on any atom is 0.0640 e. The number of nitrogens with one attached hydrogen (secondary N) is 1. The first-order valence-corrected chi connectivity index (χ1v) is 8.50.